The SMILES string of the molecule is O=C(NCc1ccccc1)O[C@@H]1[C@@H](O)CN[C@@H]1Cc1ccc(-c2ccc3c(c2)CNC3)cc1. The van der Waals surface area contributed by atoms with Gasteiger partial charge in [-0.2, -0.15) is 0 Å². The predicted octanol–water partition coefficient (Wildman–Crippen LogP) is 3.13. The Morgan fingerprint density at radius 1 is 0.939 bits per heavy atom. The van der Waals surface area contributed by atoms with E-state index in [9.17, 15) is 9.90 Å². The molecule has 3 aromatic carbocycles. The van der Waals surface area contributed by atoms with E-state index in [0.717, 1.165) is 24.2 Å². The first-order valence-corrected chi connectivity index (χ1v) is 11.5. The van der Waals surface area contributed by atoms with Crippen molar-refractivity contribution in [3.63, 3.8) is 0 Å². The van der Waals surface area contributed by atoms with Gasteiger partial charge in [-0.15, -0.1) is 0 Å². The molecule has 1 amide bonds. The lowest BCUT2D eigenvalue weighted by Crippen LogP contribution is -2.41. The molecule has 33 heavy (non-hydrogen) atoms. The molecule has 1 fully saturated rings. The van der Waals surface area contributed by atoms with Gasteiger partial charge >= 0.3 is 6.09 Å². The quantitative estimate of drug-likeness (QED) is 0.471. The first kappa shape index (κ1) is 21.6. The Morgan fingerprint density at radius 2 is 1.70 bits per heavy atom. The largest absolute Gasteiger partial charge is 0.442 e. The lowest BCUT2D eigenvalue weighted by molar-refractivity contribution is 0.0188. The van der Waals surface area contributed by atoms with Gasteiger partial charge in [-0.05, 0) is 45.9 Å². The fourth-order valence-corrected chi connectivity index (χ4v) is 4.62. The molecular formula is C27H29N3O3. The van der Waals surface area contributed by atoms with Crippen molar-refractivity contribution < 1.29 is 14.6 Å². The van der Waals surface area contributed by atoms with Crippen molar-refractivity contribution in [2.75, 3.05) is 6.54 Å². The maximum absolute atomic E-state index is 12.3. The number of β-amino-alcohol motifs (C(OH)–C–C–N with tert-alkyl or cyclic N) is 1. The number of hydrogen-bond donors (Lipinski definition) is 4. The minimum atomic E-state index is -0.725. The van der Waals surface area contributed by atoms with Crippen molar-refractivity contribution in [1.82, 2.24) is 16.0 Å². The monoisotopic (exact) mass is 443 g/mol. The minimum absolute atomic E-state index is 0.139. The third-order valence-electron chi connectivity index (χ3n) is 6.47. The van der Waals surface area contributed by atoms with Crippen molar-refractivity contribution in [3.8, 4) is 11.1 Å². The standard InChI is InChI=1S/C27H29N3O3/c31-25-17-29-24(26(25)33-27(32)30-14-19-4-2-1-3-5-19)12-18-6-8-20(9-7-18)21-10-11-22-15-28-16-23(22)13-21/h1-11,13,24-26,28-29,31H,12,14-17H2,(H,30,32)/t24-,25+,26+/m1/s1. The van der Waals surface area contributed by atoms with E-state index in [1.807, 2.05) is 30.3 Å². The lowest BCUT2D eigenvalue weighted by atomic mass is 9.97. The van der Waals surface area contributed by atoms with Crippen LogP contribution in [0.25, 0.3) is 11.1 Å². The molecule has 0 bridgehead atoms. The summed E-state index contributed by atoms with van der Waals surface area (Å²) < 4.78 is 5.60. The van der Waals surface area contributed by atoms with Gasteiger partial charge in [-0.3, -0.25) is 0 Å². The van der Waals surface area contributed by atoms with E-state index in [1.165, 1.54) is 22.3 Å². The zero-order valence-electron chi connectivity index (χ0n) is 18.5. The second-order valence-corrected chi connectivity index (χ2v) is 8.78. The highest BCUT2D eigenvalue weighted by atomic mass is 16.6. The fourth-order valence-electron chi connectivity index (χ4n) is 4.62. The summed E-state index contributed by atoms with van der Waals surface area (Å²) in [6.07, 6.45) is -1.17. The van der Waals surface area contributed by atoms with Crippen molar-refractivity contribution in [2.45, 2.75) is 44.3 Å². The third-order valence-corrected chi connectivity index (χ3v) is 6.47. The van der Waals surface area contributed by atoms with Crippen LogP contribution in [0.5, 0.6) is 0 Å². The first-order valence-electron chi connectivity index (χ1n) is 11.5. The van der Waals surface area contributed by atoms with Crippen LogP contribution in [0, 0.1) is 0 Å². The molecule has 0 unspecified atom stereocenters. The summed E-state index contributed by atoms with van der Waals surface area (Å²) in [5, 5.41) is 19.8. The van der Waals surface area contributed by atoms with E-state index in [4.69, 9.17) is 4.74 Å². The number of amides is 1. The second-order valence-electron chi connectivity index (χ2n) is 8.78. The highest BCUT2D eigenvalue weighted by molar-refractivity contribution is 5.67. The third kappa shape index (κ3) is 5.09. The summed E-state index contributed by atoms with van der Waals surface area (Å²) in [5.41, 5.74) is 7.27. The number of alkyl carbamates (subject to hydrolysis) is 1. The molecule has 0 radical (unpaired) electrons. The number of benzene rings is 3. The Hall–Kier alpha value is -3.19. The molecule has 6 nitrogen and oxygen atoms in total. The summed E-state index contributed by atoms with van der Waals surface area (Å²) in [6.45, 7) is 2.67. The zero-order chi connectivity index (χ0) is 22.6. The Balaban J connectivity index is 1.19. The van der Waals surface area contributed by atoms with Gasteiger partial charge in [0.2, 0.25) is 0 Å². The zero-order valence-corrected chi connectivity index (χ0v) is 18.5. The smallest absolute Gasteiger partial charge is 0.407 e. The Labute approximate surface area is 194 Å². The van der Waals surface area contributed by atoms with Crippen molar-refractivity contribution in [2.24, 2.45) is 0 Å². The number of aliphatic hydroxyl groups is 1. The minimum Gasteiger partial charge on any atom is -0.442 e. The van der Waals surface area contributed by atoms with E-state index < -0.39 is 18.3 Å². The topological polar surface area (TPSA) is 82.6 Å². The normalized spacial score (nSPS) is 21.5. The molecule has 2 aliphatic rings. The lowest BCUT2D eigenvalue weighted by Gasteiger charge is -2.22. The summed E-state index contributed by atoms with van der Waals surface area (Å²) in [4.78, 5) is 12.3. The molecule has 0 aliphatic carbocycles. The van der Waals surface area contributed by atoms with Crippen LogP contribution in [0.3, 0.4) is 0 Å². The average Bonchev–Trinajstić information content (AvgIpc) is 3.45. The number of aliphatic hydroxyl groups excluding tert-OH is 1. The van der Waals surface area contributed by atoms with Crippen molar-refractivity contribution in [1.29, 1.82) is 0 Å². The van der Waals surface area contributed by atoms with E-state index in [0.29, 0.717) is 19.5 Å². The molecule has 2 aliphatic heterocycles. The van der Waals surface area contributed by atoms with Gasteiger partial charge in [-0.25, -0.2) is 4.79 Å². The molecular weight excluding hydrogens is 414 g/mol. The van der Waals surface area contributed by atoms with Gasteiger partial charge in [0.1, 0.15) is 12.2 Å². The first-order chi connectivity index (χ1) is 16.2. The molecule has 2 heterocycles. The number of carbonyl (C=O) groups excluding carboxylic acids is 1. The number of ether oxygens (including phenoxy) is 1. The highest BCUT2D eigenvalue weighted by Crippen LogP contribution is 2.26. The number of nitrogens with one attached hydrogen (secondary N) is 3. The molecule has 170 valence electrons. The molecule has 6 heteroatoms. The second kappa shape index (κ2) is 9.75. The van der Waals surface area contributed by atoms with Crippen LogP contribution in [-0.2, 0) is 30.8 Å². The van der Waals surface area contributed by atoms with Gasteiger partial charge in [-0.1, -0.05) is 66.7 Å². The molecule has 1 saturated heterocycles. The van der Waals surface area contributed by atoms with Crippen LogP contribution in [0.15, 0.2) is 72.8 Å². The summed E-state index contributed by atoms with van der Waals surface area (Å²) in [7, 11) is 0. The Morgan fingerprint density at radius 3 is 2.52 bits per heavy atom. The van der Waals surface area contributed by atoms with Gasteiger partial charge in [0.15, 0.2) is 0 Å². The van der Waals surface area contributed by atoms with Gasteiger partial charge in [0.05, 0.1) is 6.04 Å². The van der Waals surface area contributed by atoms with Crippen LogP contribution in [0.1, 0.15) is 22.3 Å². The predicted molar refractivity (Wildman–Crippen MR) is 127 cm³/mol. The summed E-state index contributed by atoms with van der Waals surface area (Å²) in [6, 6.07) is 24.7. The molecule has 4 N–H and O–H groups in total. The Bertz CT molecular complexity index is 1100. The van der Waals surface area contributed by atoms with Crippen LogP contribution < -0.4 is 16.0 Å². The van der Waals surface area contributed by atoms with Crippen LogP contribution in [0.4, 0.5) is 4.79 Å². The number of carbonyl (C=O) groups is 1. The maximum Gasteiger partial charge on any atom is 0.407 e. The molecule has 5 rings (SSSR count). The van der Waals surface area contributed by atoms with E-state index >= 15 is 0 Å². The van der Waals surface area contributed by atoms with Gasteiger partial charge in [0, 0.05) is 26.2 Å². The molecule has 3 atom stereocenters. The van der Waals surface area contributed by atoms with Crippen molar-refractivity contribution >= 4 is 6.09 Å². The highest BCUT2D eigenvalue weighted by Gasteiger charge is 2.37. The molecule has 3 aromatic rings. The number of rotatable bonds is 6. The summed E-state index contributed by atoms with van der Waals surface area (Å²) >= 11 is 0. The van der Waals surface area contributed by atoms with Crippen LogP contribution >= 0.6 is 0 Å². The molecule has 0 spiro atoms. The average molecular weight is 444 g/mol. The van der Waals surface area contributed by atoms with Gasteiger partial charge in [0.25, 0.3) is 0 Å². The van der Waals surface area contributed by atoms with E-state index in [-0.39, 0.29) is 6.04 Å². The van der Waals surface area contributed by atoms with Crippen molar-refractivity contribution in [3.05, 3.63) is 95.1 Å². The van der Waals surface area contributed by atoms with Crippen LogP contribution in [-0.4, -0.2) is 36.0 Å². The van der Waals surface area contributed by atoms with Crippen LogP contribution in [0.2, 0.25) is 0 Å². The molecule has 0 aromatic heterocycles. The number of fused-ring (bicyclic) bond motifs is 1. The maximum atomic E-state index is 12.3. The number of hydrogen-bond acceptors (Lipinski definition) is 5. The molecule has 0 saturated carbocycles. The summed E-state index contributed by atoms with van der Waals surface area (Å²) in [5.74, 6) is 0. The fraction of sp³-hybridized carbons (Fsp3) is 0.296. The van der Waals surface area contributed by atoms with Gasteiger partial charge < -0.3 is 25.8 Å². The van der Waals surface area contributed by atoms with E-state index in [1.54, 1.807) is 0 Å². The Kier molecular flexibility index (Phi) is 6.39. The van der Waals surface area contributed by atoms with E-state index in [2.05, 4.69) is 58.4 Å².